The molecule has 2 rings (SSSR count). The van der Waals surface area contributed by atoms with Gasteiger partial charge in [-0.3, -0.25) is 4.79 Å². The van der Waals surface area contributed by atoms with Crippen LogP contribution in [0.2, 0.25) is 0 Å². The molecule has 1 heterocycles. The van der Waals surface area contributed by atoms with E-state index in [9.17, 15) is 4.79 Å². The number of rotatable bonds is 3. The van der Waals surface area contributed by atoms with Crippen LogP contribution in [0.4, 0.5) is 0 Å². The van der Waals surface area contributed by atoms with Crippen LogP contribution in [-0.4, -0.2) is 43.6 Å². The second kappa shape index (κ2) is 6.27. The fraction of sp³-hybridized carbons (Fsp3) is 0.562. The van der Waals surface area contributed by atoms with Gasteiger partial charge in [-0.25, -0.2) is 0 Å². The van der Waals surface area contributed by atoms with Crippen LogP contribution in [0.1, 0.15) is 26.3 Å². The quantitative estimate of drug-likeness (QED) is 0.915. The molecule has 0 aromatic heterocycles. The lowest BCUT2D eigenvalue weighted by Gasteiger charge is -2.27. The van der Waals surface area contributed by atoms with E-state index in [0.29, 0.717) is 0 Å². The van der Waals surface area contributed by atoms with Crippen molar-refractivity contribution in [3.8, 4) is 5.75 Å². The number of hydrogen-bond acceptors (Lipinski definition) is 3. The molecular weight excluding hydrogens is 252 g/mol. The van der Waals surface area contributed by atoms with E-state index in [-0.39, 0.29) is 17.9 Å². The predicted molar refractivity (Wildman–Crippen MR) is 80.1 cm³/mol. The van der Waals surface area contributed by atoms with Crippen molar-refractivity contribution < 1.29 is 9.53 Å². The van der Waals surface area contributed by atoms with E-state index in [1.165, 1.54) is 5.56 Å². The number of hydrogen-bond donors (Lipinski definition) is 1. The van der Waals surface area contributed by atoms with Crippen LogP contribution in [0.3, 0.4) is 0 Å². The minimum atomic E-state index is 0.0615. The zero-order valence-corrected chi connectivity index (χ0v) is 12.6. The molecule has 0 bridgehead atoms. The summed E-state index contributed by atoms with van der Waals surface area (Å²) in [5.41, 5.74) is 1.40. The summed E-state index contributed by atoms with van der Waals surface area (Å²) in [4.78, 5) is 13.8. The number of nitrogens with one attached hydrogen (secondary N) is 1. The standard InChI is InChI=1S/C16H24N2O2/c1-16(2,3)13-4-6-14(7-5-13)20-12-15(19)18-10-8-17-9-11-18/h4-7,17H,8-12H2,1-3H3. The average molecular weight is 276 g/mol. The summed E-state index contributed by atoms with van der Waals surface area (Å²) < 4.78 is 5.58. The molecule has 0 aliphatic carbocycles. The maximum Gasteiger partial charge on any atom is 0.260 e. The van der Waals surface area contributed by atoms with Crippen molar-refractivity contribution in [3.05, 3.63) is 29.8 Å². The first kappa shape index (κ1) is 14.9. The number of ether oxygens (including phenoxy) is 1. The lowest BCUT2D eigenvalue weighted by atomic mass is 9.87. The summed E-state index contributed by atoms with van der Waals surface area (Å²) >= 11 is 0. The lowest BCUT2D eigenvalue weighted by molar-refractivity contribution is -0.133. The zero-order valence-electron chi connectivity index (χ0n) is 12.6. The molecule has 0 saturated carbocycles. The van der Waals surface area contributed by atoms with Crippen LogP contribution in [0.5, 0.6) is 5.75 Å². The summed E-state index contributed by atoms with van der Waals surface area (Å²) in [6.07, 6.45) is 0. The van der Waals surface area contributed by atoms with Gasteiger partial charge in [0.2, 0.25) is 0 Å². The second-order valence-corrected chi connectivity index (χ2v) is 6.19. The molecule has 1 fully saturated rings. The van der Waals surface area contributed by atoms with Crippen molar-refractivity contribution in [2.45, 2.75) is 26.2 Å². The van der Waals surface area contributed by atoms with E-state index in [2.05, 4.69) is 38.2 Å². The van der Waals surface area contributed by atoms with Gasteiger partial charge in [0.25, 0.3) is 5.91 Å². The first-order valence-electron chi connectivity index (χ1n) is 7.19. The minimum absolute atomic E-state index is 0.0615. The van der Waals surface area contributed by atoms with Gasteiger partial charge in [-0.1, -0.05) is 32.9 Å². The van der Waals surface area contributed by atoms with Crippen molar-refractivity contribution in [2.75, 3.05) is 32.8 Å². The first-order chi connectivity index (χ1) is 9.47. The predicted octanol–water partition coefficient (Wildman–Crippen LogP) is 1.79. The molecule has 1 aliphatic heterocycles. The number of piperazine rings is 1. The molecule has 110 valence electrons. The largest absolute Gasteiger partial charge is 0.484 e. The van der Waals surface area contributed by atoms with Crippen LogP contribution in [-0.2, 0) is 10.2 Å². The van der Waals surface area contributed by atoms with Gasteiger partial charge in [-0.05, 0) is 23.1 Å². The van der Waals surface area contributed by atoms with Gasteiger partial charge < -0.3 is 15.0 Å². The Morgan fingerprint density at radius 1 is 1.20 bits per heavy atom. The van der Waals surface area contributed by atoms with E-state index < -0.39 is 0 Å². The lowest BCUT2D eigenvalue weighted by Crippen LogP contribution is -2.47. The highest BCUT2D eigenvalue weighted by atomic mass is 16.5. The van der Waals surface area contributed by atoms with Gasteiger partial charge in [0.1, 0.15) is 5.75 Å². The van der Waals surface area contributed by atoms with Crippen molar-refractivity contribution >= 4 is 5.91 Å². The third kappa shape index (κ3) is 3.97. The van der Waals surface area contributed by atoms with Crippen molar-refractivity contribution in [1.82, 2.24) is 10.2 Å². The summed E-state index contributed by atoms with van der Waals surface area (Å²) in [5.74, 6) is 0.813. The summed E-state index contributed by atoms with van der Waals surface area (Å²) in [5, 5.41) is 3.23. The van der Waals surface area contributed by atoms with E-state index in [4.69, 9.17) is 4.74 Å². The summed E-state index contributed by atoms with van der Waals surface area (Å²) in [6, 6.07) is 7.99. The Labute approximate surface area is 121 Å². The van der Waals surface area contributed by atoms with Gasteiger partial charge in [0, 0.05) is 26.2 Å². The summed E-state index contributed by atoms with van der Waals surface area (Å²) in [7, 11) is 0. The molecule has 1 aromatic carbocycles. The van der Waals surface area contributed by atoms with Gasteiger partial charge in [-0.2, -0.15) is 0 Å². The Balaban J connectivity index is 1.86. The highest BCUT2D eigenvalue weighted by Gasteiger charge is 2.17. The molecule has 0 radical (unpaired) electrons. The Kier molecular flexibility index (Phi) is 4.65. The Bertz CT molecular complexity index is 443. The molecule has 4 heteroatoms. The minimum Gasteiger partial charge on any atom is -0.484 e. The normalized spacial score (nSPS) is 16.1. The fourth-order valence-electron chi connectivity index (χ4n) is 2.20. The highest BCUT2D eigenvalue weighted by molar-refractivity contribution is 5.77. The van der Waals surface area contributed by atoms with Crippen LogP contribution >= 0.6 is 0 Å². The van der Waals surface area contributed by atoms with Crippen LogP contribution in [0.25, 0.3) is 0 Å². The SMILES string of the molecule is CC(C)(C)c1ccc(OCC(=O)N2CCNCC2)cc1. The smallest absolute Gasteiger partial charge is 0.260 e. The molecule has 1 saturated heterocycles. The maximum atomic E-state index is 12.0. The topological polar surface area (TPSA) is 41.6 Å². The average Bonchev–Trinajstić information content (AvgIpc) is 2.45. The number of benzene rings is 1. The Morgan fingerprint density at radius 3 is 2.35 bits per heavy atom. The molecule has 1 aromatic rings. The zero-order chi connectivity index (χ0) is 14.6. The molecular formula is C16H24N2O2. The van der Waals surface area contributed by atoms with Crippen molar-refractivity contribution in [2.24, 2.45) is 0 Å². The molecule has 4 nitrogen and oxygen atoms in total. The van der Waals surface area contributed by atoms with Crippen molar-refractivity contribution in [1.29, 1.82) is 0 Å². The van der Waals surface area contributed by atoms with Crippen molar-refractivity contribution in [3.63, 3.8) is 0 Å². The fourth-order valence-corrected chi connectivity index (χ4v) is 2.20. The second-order valence-electron chi connectivity index (χ2n) is 6.19. The molecule has 0 atom stereocenters. The van der Waals surface area contributed by atoms with Crippen LogP contribution in [0, 0.1) is 0 Å². The molecule has 0 spiro atoms. The molecule has 1 N–H and O–H groups in total. The number of nitrogens with zero attached hydrogens (tertiary/aromatic N) is 1. The third-order valence-corrected chi connectivity index (χ3v) is 3.55. The maximum absolute atomic E-state index is 12.0. The molecule has 20 heavy (non-hydrogen) atoms. The van der Waals surface area contributed by atoms with Gasteiger partial charge in [-0.15, -0.1) is 0 Å². The van der Waals surface area contributed by atoms with E-state index >= 15 is 0 Å². The third-order valence-electron chi connectivity index (χ3n) is 3.55. The molecule has 0 unspecified atom stereocenters. The first-order valence-corrected chi connectivity index (χ1v) is 7.19. The Morgan fingerprint density at radius 2 is 1.80 bits per heavy atom. The van der Waals surface area contributed by atoms with E-state index in [1.54, 1.807) is 0 Å². The van der Waals surface area contributed by atoms with Gasteiger partial charge in [0.15, 0.2) is 6.61 Å². The van der Waals surface area contributed by atoms with E-state index in [1.807, 2.05) is 17.0 Å². The highest BCUT2D eigenvalue weighted by Crippen LogP contribution is 2.24. The number of amides is 1. The van der Waals surface area contributed by atoms with Crippen LogP contribution in [0.15, 0.2) is 24.3 Å². The number of carbonyl (C=O) groups excluding carboxylic acids is 1. The Hall–Kier alpha value is -1.55. The number of carbonyl (C=O) groups is 1. The molecule has 1 aliphatic rings. The monoisotopic (exact) mass is 276 g/mol. The molecule has 1 amide bonds. The summed E-state index contributed by atoms with van der Waals surface area (Å²) in [6.45, 7) is 9.92. The van der Waals surface area contributed by atoms with Gasteiger partial charge >= 0.3 is 0 Å². The van der Waals surface area contributed by atoms with E-state index in [0.717, 1.165) is 31.9 Å². The van der Waals surface area contributed by atoms with Gasteiger partial charge in [0.05, 0.1) is 0 Å². The van der Waals surface area contributed by atoms with Crippen LogP contribution < -0.4 is 10.1 Å².